The van der Waals surface area contributed by atoms with Gasteiger partial charge in [-0.25, -0.2) is 0 Å². The van der Waals surface area contributed by atoms with Gasteiger partial charge in [-0.2, -0.15) is 0 Å². The van der Waals surface area contributed by atoms with Crippen LogP contribution in [0.3, 0.4) is 0 Å². The molecule has 1 N–H and O–H groups in total. The van der Waals surface area contributed by atoms with E-state index in [4.69, 9.17) is 4.74 Å². The first-order valence-electron chi connectivity index (χ1n) is 11.4. The van der Waals surface area contributed by atoms with Crippen LogP contribution < -0.4 is 0 Å². The number of nitrogens with zero attached hydrogens (tertiary/aromatic N) is 2. The fourth-order valence-electron chi connectivity index (χ4n) is 5.88. The van der Waals surface area contributed by atoms with Crippen molar-refractivity contribution in [3.63, 3.8) is 0 Å². The van der Waals surface area contributed by atoms with Crippen molar-refractivity contribution in [2.45, 2.75) is 68.7 Å². The normalized spacial score (nSPS) is 37.8. The molecule has 4 aliphatic rings. The summed E-state index contributed by atoms with van der Waals surface area (Å²) in [5.41, 5.74) is -0.442. The second-order valence-corrected chi connectivity index (χ2v) is 12.6. The third-order valence-corrected chi connectivity index (χ3v) is 9.17. The number of carbonyl (C=O) groups excluding carboxylic acids is 3. The van der Waals surface area contributed by atoms with Gasteiger partial charge in [-0.15, -0.1) is 11.8 Å². The number of amides is 2. The average Bonchev–Trinajstić information content (AvgIpc) is 2.92. The van der Waals surface area contributed by atoms with Gasteiger partial charge in [0.15, 0.2) is 0 Å². The van der Waals surface area contributed by atoms with E-state index in [9.17, 15) is 19.5 Å². The minimum absolute atomic E-state index is 0.0553. The standard InChI is InChI=1S/C24H34N2O5S/c1-14(2)15(13-27)26-18-20(29)25(22(3,4)5)11-7-10-24(18)16(19(26)28)17-21(30)31-12-8-9-23(17,6)32-24/h7-10,14-18,27H,11-13H2,1-6H3/t15-,16-,17-,18?,23+,24-/m0/s1. The number of esters is 1. The molecule has 2 fully saturated rings. The van der Waals surface area contributed by atoms with Gasteiger partial charge in [0, 0.05) is 16.8 Å². The van der Waals surface area contributed by atoms with Crippen LogP contribution in [0.5, 0.6) is 0 Å². The summed E-state index contributed by atoms with van der Waals surface area (Å²) in [6.45, 7) is 12.2. The summed E-state index contributed by atoms with van der Waals surface area (Å²) in [4.78, 5) is 44.7. The second-order valence-electron chi connectivity index (χ2n) is 10.8. The maximum absolute atomic E-state index is 14.1. The Kier molecular flexibility index (Phi) is 5.56. The zero-order chi connectivity index (χ0) is 23.6. The highest BCUT2D eigenvalue weighted by Gasteiger charge is 2.74. The zero-order valence-corrected chi connectivity index (χ0v) is 20.5. The van der Waals surface area contributed by atoms with E-state index in [1.54, 1.807) is 9.80 Å². The molecule has 32 heavy (non-hydrogen) atoms. The van der Waals surface area contributed by atoms with Crippen LogP contribution in [0.2, 0.25) is 0 Å². The number of rotatable bonds is 3. The van der Waals surface area contributed by atoms with Crippen LogP contribution in [-0.2, 0) is 19.1 Å². The molecule has 8 heteroatoms. The summed E-state index contributed by atoms with van der Waals surface area (Å²) in [7, 11) is 0. The fourth-order valence-corrected chi connectivity index (χ4v) is 8.02. The molecule has 0 aromatic rings. The quantitative estimate of drug-likeness (QED) is 0.510. The molecular formula is C24H34N2O5S. The van der Waals surface area contributed by atoms with Gasteiger partial charge in [-0.05, 0) is 39.7 Å². The summed E-state index contributed by atoms with van der Waals surface area (Å²) < 4.78 is 3.87. The number of aliphatic hydroxyl groups is 1. The van der Waals surface area contributed by atoms with Gasteiger partial charge in [0.2, 0.25) is 11.8 Å². The Morgan fingerprint density at radius 2 is 1.84 bits per heavy atom. The number of likely N-dealkylation sites (tertiary alicyclic amines) is 1. The predicted molar refractivity (Wildman–Crippen MR) is 123 cm³/mol. The number of aliphatic hydroxyl groups excluding tert-OH is 1. The molecule has 4 rings (SSSR count). The van der Waals surface area contributed by atoms with Gasteiger partial charge in [-0.1, -0.05) is 32.1 Å². The average molecular weight is 463 g/mol. The SMILES string of the molecule is CC(C)[C@H](CO)N1C(=O)[C@@H]2[C@H]3C(=O)OCC=C[C@@]3(C)S[C@@]23C=CCN(C(C)(C)C)C(=O)C13. The number of carbonyl (C=O) groups is 3. The lowest BCUT2D eigenvalue weighted by Gasteiger charge is -2.43. The summed E-state index contributed by atoms with van der Waals surface area (Å²) in [5, 5.41) is 10.2. The van der Waals surface area contributed by atoms with Crippen molar-refractivity contribution >= 4 is 29.5 Å². The van der Waals surface area contributed by atoms with Gasteiger partial charge in [0.05, 0.1) is 29.2 Å². The van der Waals surface area contributed by atoms with Crippen molar-refractivity contribution in [2.75, 3.05) is 19.8 Å². The minimum atomic E-state index is -0.906. The number of thioether (sulfide) groups is 1. The van der Waals surface area contributed by atoms with Crippen LogP contribution in [0.25, 0.3) is 0 Å². The fraction of sp³-hybridized carbons (Fsp3) is 0.708. The summed E-state index contributed by atoms with van der Waals surface area (Å²) in [6.07, 6.45) is 7.75. The third kappa shape index (κ3) is 3.16. The lowest BCUT2D eigenvalue weighted by molar-refractivity contribution is -0.153. The van der Waals surface area contributed by atoms with E-state index in [1.165, 1.54) is 11.8 Å². The maximum atomic E-state index is 14.1. The second kappa shape index (κ2) is 7.62. The monoisotopic (exact) mass is 462 g/mol. The van der Waals surface area contributed by atoms with Gasteiger partial charge >= 0.3 is 5.97 Å². The van der Waals surface area contributed by atoms with Crippen LogP contribution in [0.15, 0.2) is 24.3 Å². The molecule has 4 heterocycles. The molecule has 0 radical (unpaired) electrons. The van der Waals surface area contributed by atoms with E-state index >= 15 is 0 Å². The Labute approximate surface area is 194 Å². The van der Waals surface area contributed by atoms with Crippen molar-refractivity contribution in [1.82, 2.24) is 9.80 Å². The molecule has 1 unspecified atom stereocenters. The van der Waals surface area contributed by atoms with E-state index in [-0.39, 0.29) is 30.9 Å². The van der Waals surface area contributed by atoms with Crippen LogP contribution in [0, 0.1) is 17.8 Å². The molecule has 0 aromatic heterocycles. The van der Waals surface area contributed by atoms with Gasteiger partial charge in [0.25, 0.3) is 0 Å². The summed E-state index contributed by atoms with van der Waals surface area (Å²) in [5.74, 6) is -2.27. The summed E-state index contributed by atoms with van der Waals surface area (Å²) in [6, 6.07) is -1.32. The Morgan fingerprint density at radius 3 is 2.44 bits per heavy atom. The van der Waals surface area contributed by atoms with E-state index in [1.807, 2.05) is 65.8 Å². The smallest absolute Gasteiger partial charge is 0.311 e. The van der Waals surface area contributed by atoms with Crippen LogP contribution in [0.4, 0.5) is 0 Å². The first-order valence-corrected chi connectivity index (χ1v) is 12.2. The number of ether oxygens (including phenoxy) is 1. The molecule has 1 spiro atoms. The predicted octanol–water partition coefficient (Wildman–Crippen LogP) is 2.00. The molecule has 0 aromatic carbocycles. The van der Waals surface area contributed by atoms with E-state index < -0.39 is 44.9 Å². The van der Waals surface area contributed by atoms with Crippen molar-refractivity contribution in [3.05, 3.63) is 24.3 Å². The van der Waals surface area contributed by atoms with Crippen LogP contribution >= 0.6 is 11.8 Å². The molecule has 0 aliphatic carbocycles. The highest BCUT2D eigenvalue weighted by molar-refractivity contribution is 8.02. The van der Waals surface area contributed by atoms with Gasteiger partial charge < -0.3 is 19.6 Å². The molecule has 0 saturated carbocycles. The minimum Gasteiger partial charge on any atom is -0.461 e. The number of hydrogen-bond acceptors (Lipinski definition) is 6. The summed E-state index contributed by atoms with van der Waals surface area (Å²) >= 11 is 1.53. The molecule has 4 aliphatic heterocycles. The third-order valence-electron chi connectivity index (χ3n) is 7.37. The van der Waals surface area contributed by atoms with Crippen LogP contribution in [-0.4, -0.2) is 79.6 Å². The first-order chi connectivity index (χ1) is 14.9. The Hall–Kier alpha value is -1.80. The largest absolute Gasteiger partial charge is 0.461 e. The first kappa shape index (κ1) is 23.4. The number of fused-ring (bicyclic) bond motifs is 2. The highest BCUT2D eigenvalue weighted by Crippen LogP contribution is 2.65. The maximum Gasteiger partial charge on any atom is 0.311 e. The molecule has 2 amide bonds. The van der Waals surface area contributed by atoms with Crippen molar-refractivity contribution in [2.24, 2.45) is 17.8 Å². The molecule has 0 bridgehead atoms. The molecular weight excluding hydrogens is 428 g/mol. The van der Waals surface area contributed by atoms with Crippen molar-refractivity contribution in [1.29, 1.82) is 0 Å². The lowest BCUT2D eigenvalue weighted by atomic mass is 9.75. The molecule has 2 saturated heterocycles. The van der Waals surface area contributed by atoms with E-state index in [0.29, 0.717) is 6.54 Å². The Morgan fingerprint density at radius 1 is 1.16 bits per heavy atom. The Bertz CT molecular complexity index is 893. The zero-order valence-electron chi connectivity index (χ0n) is 19.7. The number of hydrogen-bond donors (Lipinski definition) is 1. The molecule has 6 atom stereocenters. The van der Waals surface area contributed by atoms with E-state index in [2.05, 4.69) is 0 Å². The van der Waals surface area contributed by atoms with Crippen molar-refractivity contribution < 1.29 is 24.2 Å². The molecule has 176 valence electrons. The van der Waals surface area contributed by atoms with Crippen LogP contribution in [0.1, 0.15) is 41.5 Å². The number of cyclic esters (lactones) is 1. The highest BCUT2D eigenvalue weighted by atomic mass is 32.2. The van der Waals surface area contributed by atoms with Gasteiger partial charge in [0.1, 0.15) is 12.6 Å². The molecule has 7 nitrogen and oxygen atoms in total. The van der Waals surface area contributed by atoms with Crippen molar-refractivity contribution in [3.8, 4) is 0 Å². The van der Waals surface area contributed by atoms with Gasteiger partial charge in [-0.3, -0.25) is 14.4 Å². The topological polar surface area (TPSA) is 87.2 Å². The van der Waals surface area contributed by atoms with E-state index in [0.717, 1.165) is 0 Å². The lowest BCUT2D eigenvalue weighted by Crippen LogP contribution is -2.60. The Balaban J connectivity index is 1.94.